The first kappa shape index (κ1) is 53.9. The fraction of sp³-hybridized carbons (Fsp3) is 1.00. The zero-order chi connectivity index (χ0) is 34.7. The van der Waals surface area contributed by atoms with Crippen LogP contribution in [0.1, 0.15) is 196 Å². The van der Waals surface area contributed by atoms with Gasteiger partial charge in [0, 0.05) is 22.1 Å². The van der Waals surface area contributed by atoms with Crippen molar-refractivity contribution in [2.45, 2.75) is 196 Å². The molecule has 0 heterocycles. The normalized spacial score (nSPS) is 11.7. The first-order valence-corrected chi connectivity index (χ1v) is 25.2. The van der Waals surface area contributed by atoms with E-state index in [-0.39, 0.29) is 17.1 Å². The van der Waals surface area contributed by atoms with Gasteiger partial charge in [-0.3, -0.25) is 0 Å². The number of hydrogen-bond acceptors (Lipinski definition) is 6. The van der Waals surface area contributed by atoms with Gasteiger partial charge in [0.25, 0.3) is 0 Å². The van der Waals surface area contributed by atoms with Crippen molar-refractivity contribution in [3.8, 4) is 0 Å². The quantitative estimate of drug-likeness (QED) is 0.0409. The van der Waals surface area contributed by atoms with Crippen LogP contribution in [0.4, 0.5) is 0 Å². The summed E-state index contributed by atoms with van der Waals surface area (Å²) in [5, 5.41) is 0. The maximum atomic E-state index is 11.6. The van der Waals surface area contributed by atoms with Crippen molar-refractivity contribution in [1.82, 2.24) is 0 Å². The molecule has 0 aliphatic rings. The van der Waals surface area contributed by atoms with Crippen LogP contribution in [0.3, 0.4) is 0 Å². The Bertz CT molecular complexity index is 595. The van der Waals surface area contributed by atoms with E-state index in [2.05, 4.69) is 41.5 Å². The van der Waals surface area contributed by atoms with E-state index in [4.69, 9.17) is 0 Å². The van der Waals surface area contributed by atoms with Crippen LogP contribution in [-0.2, 0) is 30.8 Å². The van der Waals surface area contributed by atoms with Gasteiger partial charge >= 0.3 is 17.1 Å². The molecule has 0 N–H and O–H groups in total. The second kappa shape index (κ2) is 38.9. The standard InChI is InChI=1S/3C12H27O2P.Fe/c3*1-3-5-7-9-11-15(13,14)12-10-8-6-4-2;/h3*3-12H2,1-2H3,(H,13,14);/q;;;+3/p-3. The van der Waals surface area contributed by atoms with Gasteiger partial charge in [0.2, 0.25) is 0 Å². The van der Waals surface area contributed by atoms with Gasteiger partial charge in [-0.2, -0.15) is 0 Å². The second-order valence-electron chi connectivity index (χ2n) is 13.1. The SMILES string of the molecule is CCCCCCP(=O)([O-])CCCCCC.CCCCCCP(=O)([O-])CCCCCC.CCCCCCP(=O)([O-])CCCCCC.[Fe+3]. The van der Waals surface area contributed by atoms with Gasteiger partial charge in [-0.1, -0.05) is 157 Å². The number of unbranched alkanes of at least 4 members (excludes halogenated alkanes) is 18. The molecule has 0 aromatic rings. The minimum Gasteiger partial charge on any atom is -0.799 e. The fourth-order valence-corrected chi connectivity index (χ4v) is 9.92. The van der Waals surface area contributed by atoms with Crippen molar-refractivity contribution in [3.05, 3.63) is 0 Å². The predicted molar refractivity (Wildman–Crippen MR) is 197 cm³/mol. The molecule has 10 heteroatoms. The summed E-state index contributed by atoms with van der Waals surface area (Å²) in [6, 6.07) is 0. The van der Waals surface area contributed by atoms with Crippen molar-refractivity contribution in [3.63, 3.8) is 0 Å². The Kier molecular flexibility index (Phi) is 45.5. The third-order valence-corrected chi connectivity index (χ3v) is 14.1. The van der Waals surface area contributed by atoms with E-state index in [1.165, 1.54) is 38.5 Å². The minimum absolute atomic E-state index is 0. The molecule has 0 aliphatic heterocycles. The van der Waals surface area contributed by atoms with Gasteiger partial charge in [-0.05, 0) is 75.5 Å². The molecule has 0 aromatic carbocycles. The van der Waals surface area contributed by atoms with Gasteiger partial charge in [-0.15, -0.1) is 0 Å². The third-order valence-electron chi connectivity index (χ3n) is 8.11. The maximum Gasteiger partial charge on any atom is 3.00 e. The van der Waals surface area contributed by atoms with Crippen molar-refractivity contribution >= 4 is 22.1 Å². The van der Waals surface area contributed by atoms with Crippen molar-refractivity contribution in [1.29, 1.82) is 0 Å². The van der Waals surface area contributed by atoms with Crippen LogP contribution in [-0.4, -0.2) is 37.0 Å². The Morgan fingerprint density at radius 1 is 0.283 bits per heavy atom. The van der Waals surface area contributed by atoms with Crippen LogP contribution in [0.5, 0.6) is 0 Å². The summed E-state index contributed by atoms with van der Waals surface area (Å²) in [6.45, 7) is 12.8. The predicted octanol–water partition coefficient (Wildman–Crippen LogP) is 11.4. The van der Waals surface area contributed by atoms with E-state index in [0.29, 0.717) is 37.0 Å². The van der Waals surface area contributed by atoms with E-state index >= 15 is 0 Å². The van der Waals surface area contributed by atoms with Crippen LogP contribution >= 0.6 is 22.1 Å². The Morgan fingerprint density at radius 2 is 0.413 bits per heavy atom. The van der Waals surface area contributed by atoms with Gasteiger partial charge in [-0.25, -0.2) is 0 Å². The molecule has 0 amide bonds. The Balaban J connectivity index is -0.000000285. The van der Waals surface area contributed by atoms with E-state index in [1.54, 1.807) is 0 Å². The first-order chi connectivity index (χ1) is 21.4. The maximum absolute atomic E-state index is 11.6. The summed E-state index contributed by atoms with van der Waals surface area (Å²) >= 11 is 0. The molecule has 0 fully saturated rings. The molecule has 0 saturated carbocycles. The zero-order valence-corrected chi connectivity index (χ0v) is 35.1. The van der Waals surface area contributed by atoms with E-state index in [9.17, 15) is 28.4 Å². The Hall–Kier alpha value is 1.09. The van der Waals surface area contributed by atoms with Crippen LogP contribution in [0.2, 0.25) is 0 Å². The average molecular weight is 756 g/mol. The van der Waals surface area contributed by atoms with E-state index < -0.39 is 22.1 Å². The fourth-order valence-electron chi connectivity index (χ4n) is 5.01. The van der Waals surface area contributed by atoms with E-state index in [0.717, 1.165) is 116 Å². The van der Waals surface area contributed by atoms with Gasteiger partial charge in [0.05, 0.1) is 0 Å². The van der Waals surface area contributed by atoms with Crippen molar-refractivity contribution in [2.75, 3.05) is 37.0 Å². The molecule has 0 aliphatic carbocycles. The monoisotopic (exact) mass is 755 g/mol. The Labute approximate surface area is 299 Å². The first-order valence-electron chi connectivity index (χ1n) is 19.2. The molecule has 6 nitrogen and oxygen atoms in total. The molecular formula is C36H78FeO6P3. The zero-order valence-electron chi connectivity index (χ0n) is 31.4. The van der Waals surface area contributed by atoms with Crippen molar-refractivity contribution < 1.29 is 45.4 Å². The van der Waals surface area contributed by atoms with Crippen LogP contribution in [0, 0.1) is 0 Å². The summed E-state index contributed by atoms with van der Waals surface area (Å²) in [4.78, 5) is 34.8. The molecule has 0 aromatic heterocycles. The molecule has 1 radical (unpaired) electrons. The molecular weight excluding hydrogens is 677 g/mol. The Morgan fingerprint density at radius 3 is 0.522 bits per heavy atom. The molecule has 0 unspecified atom stereocenters. The summed E-state index contributed by atoms with van der Waals surface area (Å²) in [5.41, 5.74) is 0. The molecule has 0 bridgehead atoms. The van der Waals surface area contributed by atoms with Crippen molar-refractivity contribution in [2.24, 2.45) is 0 Å². The smallest absolute Gasteiger partial charge is 0.799 e. The molecule has 0 rings (SSSR count). The summed E-state index contributed by atoms with van der Waals surface area (Å²) in [7, 11) is -9.07. The molecule has 0 saturated heterocycles. The third kappa shape index (κ3) is 47.2. The minimum atomic E-state index is -3.02. The summed E-state index contributed by atoms with van der Waals surface area (Å²) in [5.74, 6) is 0. The van der Waals surface area contributed by atoms with E-state index in [1.807, 2.05) is 0 Å². The van der Waals surface area contributed by atoms with Crippen LogP contribution in [0.25, 0.3) is 0 Å². The largest absolute Gasteiger partial charge is 3.00 e. The summed E-state index contributed by atoms with van der Waals surface area (Å²) in [6.07, 6.45) is 28.1. The molecule has 0 atom stereocenters. The summed E-state index contributed by atoms with van der Waals surface area (Å²) < 4.78 is 34.8. The molecule has 0 spiro atoms. The molecule has 46 heavy (non-hydrogen) atoms. The van der Waals surface area contributed by atoms with Crippen LogP contribution < -0.4 is 14.7 Å². The average Bonchev–Trinajstić information content (AvgIpc) is 2.99. The molecule has 281 valence electrons. The topological polar surface area (TPSA) is 120 Å². The number of hydrogen-bond donors (Lipinski definition) is 0. The number of rotatable bonds is 30. The van der Waals surface area contributed by atoms with Gasteiger partial charge < -0.3 is 28.4 Å². The van der Waals surface area contributed by atoms with Gasteiger partial charge in [0.1, 0.15) is 0 Å². The second-order valence-corrected chi connectivity index (χ2v) is 20.7. The van der Waals surface area contributed by atoms with Crippen LogP contribution in [0.15, 0.2) is 0 Å². The van der Waals surface area contributed by atoms with Gasteiger partial charge in [0.15, 0.2) is 0 Å².